The van der Waals surface area contributed by atoms with Crippen LogP contribution in [0.4, 0.5) is 0 Å². The number of carbonyl (C=O) groups excluding carboxylic acids is 2. The van der Waals surface area contributed by atoms with Crippen LogP contribution in [-0.2, 0) is 9.53 Å². The molecule has 110 valence electrons. The van der Waals surface area contributed by atoms with Gasteiger partial charge in [0.1, 0.15) is 11.7 Å². The second-order valence-corrected chi connectivity index (χ2v) is 4.98. The Morgan fingerprint density at radius 1 is 1.20 bits per heavy atom. The van der Waals surface area contributed by atoms with E-state index in [9.17, 15) is 9.59 Å². The average molecular weight is 278 g/mol. The van der Waals surface area contributed by atoms with Crippen molar-refractivity contribution in [3.63, 3.8) is 0 Å². The first kappa shape index (κ1) is 16.2. The Bertz CT molecular complexity index is 491. The average Bonchev–Trinajstić information content (AvgIpc) is 2.39. The fourth-order valence-corrected chi connectivity index (χ4v) is 1.81. The maximum atomic E-state index is 12.2. The van der Waals surface area contributed by atoms with Gasteiger partial charge >= 0.3 is 5.97 Å². The van der Waals surface area contributed by atoms with Crippen LogP contribution in [0.1, 0.15) is 43.6 Å². The Balaban J connectivity index is 2.89. The molecule has 1 aromatic carbocycles. The topological polar surface area (TPSA) is 52.6 Å². The summed E-state index contributed by atoms with van der Waals surface area (Å²) in [6.07, 6.45) is 0.0775. The molecule has 1 atom stereocenters. The second-order valence-electron chi connectivity index (χ2n) is 4.98. The zero-order valence-electron chi connectivity index (χ0n) is 12.7. The summed E-state index contributed by atoms with van der Waals surface area (Å²) in [5, 5.41) is 0. The van der Waals surface area contributed by atoms with Crippen molar-refractivity contribution in [3.05, 3.63) is 29.3 Å². The summed E-state index contributed by atoms with van der Waals surface area (Å²) >= 11 is 0. The SMILES string of the molecule is CCOC(=O)C(C)C(=O)c1ccc(OC(C)C)c(C)c1. The van der Waals surface area contributed by atoms with E-state index in [2.05, 4.69) is 0 Å². The number of esters is 1. The van der Waals surface area contributed by atoms with Crippen LogP contribution in [0.2, 0.25) is 0 Å². The third-order valence-electron chi connectivity index (χ3n) is 2.86. The highest BCUT2D eigenvalue weighted by atomic mass is 16.5. The number of ketones is 1. The fourth-order valence-electron chi connectivity index (χ4n) is 1.81. The normalized spacial score (nSPS) is 12.1. The first-order valence-electron chi connectivity index (χ1n) is 6.85. The zero-order valence-corrected chi connectivity index (χ0v) is 12.7. The van der Waals surface area contributed by atoms with Gasteiger partial charge in [-0.3, -0.25) is 9.59 Å². The van der Waals surface area contributed by atoms with Crippen molar-refractivity contribution in [1.29, 1.82) is 0 Å². The fraction of sp³-hybridized carbons (Fsp3) is 0.500. The smallest absolute Gasteiger partial charge is 0.316 e. The number of hydrogen-bond donors (Lipinski definition) is 0. The van der Waals surface area contributed by atoms with E-state index in [1.807, 2.05) is 20.8 Å². The van der Waals surface area contributed by atoms with E-state index in [1.165, 1.54) is 0 Å². The van der Waals surface area contributed by atoms with Gasteiger partial charge in [-0.1, -0.05) is 0 Å². The Morgan fingerprint density at radius 3 is 2.35 bits per heavy atom. The molecule has 0 bridgehead atoms. The monoisotopic (exact) mass is 278 g/mol. The van der Waals surface area contributed by atoms with Gasteiger partial charge in [0.25, 0.3) is 0 Å². The number of hydrogen-bond acceptors (Lipinski definition) is 4. The molecule has 1 aromatic rings. The van der Waals surface area contributed by atoms with Gasteiger partial charge in [0.15, 0.2) is 5.78 Å². The quantitative estimate of drug-likeness (QED) is 0.455. The first-order chi connectivity index (χ1) is 9.36. The summed E-state index contributed by atoms with van der Waals surface area (Å²) in [6, 6.07) is 5.19. The third kappa shape index (κ3) is 4.08. The van der Waals surface area contributed by atoms with E-state index in [0.717, 1.165) is 11.3 Å². The van der Waals surface area contributed by atoms with Crippen LogP contribution in [0, 0.1) is 12.8 Å². The molecule has 0 saturated heterocycles. The predicted molar refractivity (Wildman–Crippen MR) is 77.1 cm³/mol. The van der Waals surface area contributed by atoms with E-state index < -0.39 is 11.9 Å². The van der Waals surface area contributed by atoms with Crippen LogP contribution in [0.5, 0.6) is 5.75 Å². The van der Waals surface area contributed by atoms with Crippen molar-refractivity contribution in [2.45, 2.75) is 40.7 Å². The number of rotatable bonds is 6. The molecule has 0 heterocycles. The van der Waals surface area contributed by atoms with Crippen LogP contribution < -0.4 is 4.74 Å². The van der Waals surface area contributed by atoms with Crippen LogP contribution >= 0.6 is 0 Å². The lowest BCUT2D eigenvalue weighted by Gasteiger charge is -2.14. The van der Waals surface area contributed by atoms with Crippen molar-refractivity contribution in [2.75, 3.05) is 6.61 Å². The van der Waals surface area contributed by atoms with Gasteiger partial charge in [-0.2, -0.15) is 0 Å². The lowest BCUT2D eigenvalue weighted by Crippen LogP contribution is -2.23. The maximum absolute atomic E-state index is 12.2. The molecule has 0 aliphatic carbocycles. The summed E-state index contributed by atoms with van der Waals surface area (Å²) in [4.78, 5) is 23.8. The molecular formula is C16H22O4. The number of ether oxygens (including phenoxy) is 2. The van der Waals surface area contributed by atoms with Crippen LogP contribution in [0.3, 0.4) is 0 Å². The highest BCUT2D eigenvalue weighted by Crippen LogP contribution is 2.22. The maximum Gasteiger partial charge on any atom is 0.316 e. The molecule has 4 nitrogen and oxygen atoms in total. The van der Waals surface area contributed by atoms with Crippen molar-refractivity contribution >= 4 is 11.8 Å². The zero-order chi connectivity index (χ0) is 15.3. The van der Waals surface area contributed by atoms with E-state index in [0.29, 0.717) is 5.56 Å². The summed E-state index contributed by atoms with van der Waals surface area (Å²) in [6.45, 7) is 9.33. The van der Waals surface area contributed by atoms with Crippen molar-refractivity contribution in [2.24, 2.45) is 5.92 Å². The standard InChI is InChI=1S/C16H22O4/c1-6-19-16(18)12(5)15(17)13-7-8-14(11(4)9-13)20-10(2)3/h7-10,12H,6H2,1-5H3. The highest BCUT2D eigenvalue weighted by molar-refractivity contribution is 6.08. The lowest BCUT2D eigenvalue weighted by molar-refractivity contribution is -0.145. The van der Waals surface area contributed by atoms with Gasteiger partial charge in [-0.05, 0) is 58.4 Å². The minimum atomic E-state index is -0.786. The van der Waals surface area contributed by atoms with E-state index >= 15 is 0 Å². The highest BCUT2D eigenvalue weighted by Gasteiger charge is 2.24. The van der Waals surface area contributed by atoms with Crippen molar-refractivity contribution in [1.82, 2.24) is 0 Å². The molecule has 1 rings (SSSR count). The number of Topliss-reactive ketones (excluding diaryl/α,β-unsaturated/α-hetero) is 1. The van der Waals surface area contributed by atoms with Crippen LogP contribution in [-0.4, -0.2) is 24.5 Å². The second kappa shape index (κ2) is 7.08. The molecule has 4 heteroatoms. The largest absolute Gasteiger partial charge is 0.491 e. The molecule has 20 heavy (non-hydrogen) atoms. The van der Waals surface area contributed by atoms with E-state index in [-0.39, 0.29) is 18.5 Å². The van der Waals surface area contributed by atoms with E-state index in [1.54, 1.807) is 32.0 Å². The molecule has 0 spiro atoms. The Kier molecular flexibility index (Phi) is 5.74. The van der Waals surface area contributed by atoms with Gasteiger partial charge < -0.3 is 9.47 Å². The Morgan fingerprint density at radius 2 is 1.85 bits per heavy atom. The summed E-state index contributed by atoms with van der Waals surface area (Å²) < 4.78 is 10.5. The summed E-state index contributed by atoms with van der Waals surface area (Å²) in [5.41, 5.74) is 1.37. The van der Waals surface area contributed by atoms with Crippen molar-refractivity contribution in [3.8, 4) is 5.75 Å². The Labute approximate surface area is 120 Å². The minimum absolute atomic E-state index is 0.0775. The molecule has 0 aliphatic heterocycles. The molecule has 0 aromatic heterocycles. The van der Waals surface area contributed by atoms with Gasteiger partial charge in [-0.15, -0.1) is 0 Å². The number of carbonyl (C=O) groups is 2. The molecule has 0 aliphatic rings. The Hall–Kier alpha value is -1.84. The summed E-state index contributed by atoms with van der Waals surface area (Å²) in [7, 11) is 0. The molecule has 1 unspecified atom stereocenters. The predicted octanol–water partition coefficient (Wildman–Crippen LogP) is 3.16. The summed E-state index contributed by atoms with van der Waals surface area (Å²) in [5.74, 6) is -0.758. The molecule has 0 radical (unpaired) electrons. The van der Waals surface area contributed by atoms with Crippen LogP contribution in [0.15, 0.2) is 18.2 Å². The molecule has 0 amide bonds. The molecular weight excluding hydrogens is 256 g/mol. The van der Waals surface area contributed by atoms with Gasteiger partial charge in [0, 0.05) is 5.56 Å². The third-order valence-corrected chi connectivity index (χ3v) is 2.86. The molecule has 0 saturated carbocycles. The number of benzene rings is 1. The van der Waals surface area contributed by atoms with Crippen LogP contribution in [0.25, 0.3) is 0 Å². The lowest BCUT2D eigenvalue weighted by atomic mass is 9.98. The van der Waals surface area contributed by atoms with Gasteiger partial charge in [0.05, 0.1) is 12.7 Å². The molecule has 0 fully saturated rings. The number of aryl methyl sites for hydroxylation is 1. The van der Waals surface area contributed by atoms with Crippen molar-refractivity contribution < 1.29 is 19.1 Å². The minimum Gasteiger partial charge on any atom is -0.491 e. The first-order valence-corrected chi connectivity index (χ1v) is 6.85. The van der Waals surface area contributed by atoms with Gasteiger partial charge in [-0.25, -0.2) is 0 Å². The molecule has 0 N–H and O–H groups in total. The van der Waals surface area contributed by atoms with E-state index in [4.69, 9.17) is 9.47 Å². The van der Waals surface area contributed by atoms with Gasteiger partial charge in [0.2, 0.25) is 0 Å².